The van der Waals surface area contributed by atoms with E-state index in [1.807, 2.05) is 11.8 Å². The van der Waals surface area contributed by atoms with Crippen LogP contribution in [0.2, 0.25) is 0 Å². The maximum atomic E-state index is 4.13. The number of para-hydroxylation sites is 2. The predicted molar refractivity (Wildman–Crippen MR) is 226 cm³/mol. The normalized spacial score (nSPS) is 16.7. The van der Waals surface area contributed by atoms with E-state index in [1.54, 1.807) is 0 Å². The molecule has 2 aliphatic rings. The SMILES string of the molecule is C/C(=C1/Sc2ccccc2C1NCn1c2c(c3c4c(ccc5c6cccc7c8ccccc8n(c76)c54)ccc31)C=CCC2)c1ccc2ccccc2c1. The molecular weight excluding hydrogens is 663 g/mol. The molecule has 3 nitrogen and oxygen atoms in total. The Balaban J connectivity index is 1.06. The maximum absolute atomic E-state index is 4.13. The Morgan fingerprint density at radius 2 is 1.43 bits per heavy atom. The third-order valence-electron chi connectivity index (χ3n) is 12.1. The zero-order valence-electron chi connectivity index (χ0n) is 29.4. The summed E-state index contributed by atoms with van der Waals surface area (Å²) in [6.07, 6.45) is 6.86. The quantitative estimate of drug-likeness (QED) is 0.198. The lowest BCUT2D eigenvalue weighted by Gasteiger charge is -2.21. The number of benzene rings is 7. The van der Waals surface area contributed by atoms with Gasteiger partial charge in [0, 0.05) is 53.4 Å². The van der Waals surface area contributed by atoms with Gasteiger partial charge in [0.1, 0.15) is 0 Å². The monoisotopic (exact) mass is 697 g/mol. The van der Waals surface area contributed by atoms with Gasteiger partial charge in [0.25, 0.3) is 0 Å². The first-order valence-electron chi connectivity index (χ1n) is 18.7. The summed E-state index contributed by atoms with van der Waals surface area (Å²) in [5, 5.41) is 16.0. The number of fused-ring (bicyclic) bond motifs is 14. The van der Waals surface area contributed by atoms with Gasteiger partial charge in [0.05, 0.1) is 34.8 Å². The predicted octanol–water partition coefficient (Wildman–Crippen LogP) is 12.9. The number of rotatable bonds is 4. The van der Waals surface area contributed by atoms with E-state index in [0.717, 1.165) is 19.5 Å². The van der Waals surface area contributed by atoms with Crippen molar-refractivity contribution in [3.63, 3.8) is 0 Å². The van der Waals surface area contributed by atoms with Gasteiger partial charge in [-0.1, -0.05) is 133 Å². The van der Waals surface area contributed by atoms with E-state index in [0.29, 0.717) is 0 Å². The summed E-state index contributed by atoms with van der Waals surface area (Å²) >= 11 is 1.92. The molecule has 7 aromatic carbocycles. The van der Waals surface area contributed by atoms with Gasteiger partial charge >= 0.3 is 0 Å². The Morgan fingerprint density at radius 1 is 0.679 bits per heavy atom. The van der Waals surface area contributed by atoms with Crippen molar-refractivity contribution < 1.29 is 0 Å². The van der Waals surface area contributed by atoms with Crippen molar-refractivity contribution in [2.45, 2.75) is 37.4 Å². The topological polar surface area (TPSA) is 21.4 Å². The fourth-order valence-electron chi connectivity index (χ4n) is 9.66. The Kier molecular flexibility index (Phi) is 6.23. The van der Waals surface area contributed by atoms with Crippen molar-refractivity contribution in [2.75, 3.05) is 0 Å². The second-order valence-electron chi connectivity index (χ2n) is 14.8. The Morgan fingerprint density at radius 3 is 2.38 bits per heavy atom. The molecule has 53 heavy (non-hydrogen) atoms. The molecule has 0 radical (unpaired) electrons. The van der Waals surface area contributed by atoms with Crippen LogP contribution in [0.1, 0.15) is 41.8 Å². The number of nitrogens with one attached hydrogen (secondary N) is 1. The maximum Gasteiger partial charge on any atom is 0.0736 e. The summed E-state index contributed by atoms with van der Waals surface area (Å²) in [6.45, 7) is 3.03. The number of allylic oxidation sites excluding steroid dienone is 2. The molecule has 12 rings (SSSR count). The van der Waals surface area contributed by atoms with Gasteiger partial charge in [-0.15, -0.1) is 0 Å². The van der Waals surface area contributed by atoms with Gasteiger partial charge in [0.15, 0.2) is 0 Å². The highest BCUT2D eigenvalue weighted by Gasteiger charge is 2.31. The van der Waals surface area contributed by atoms with Crippen LogP contribution in [0.5, 0.6) is 0 Å². The molecule has 10 aromatic rings. The lowest BCUT2D eigenvalue weighted by molar-refractivity contribution is 0.511. The van der Waals surface area contributed by atoms with Crippen molar-refractivity contribution >= 4 is 94.0 Å². The van der Waals surface area contributed by atoms with Crippen LogP contribution in [0, 0.1) is 0 Å². The molecule has 0 amide bonds. The van der Waals surface area contributed by atoms with E-state index in [2.05, 4.69) is 167 Å². The van der Waals surface area contributed by atoms with E-state index >= 15 is 0 Å². The van der Waals surface area contributed by atoms with Crippen molar-refractivity contribution in [3.8, 4) is 0 Å². The van der Waals surface area contributed by atoms with Crippen LogP contribution in [0.3, 0.4) is 0 Å². The van der Waals surface area contributed by atoms with Gasteiger partial charge < -0.3 is 8.97 Å². The first-order valence-corrected chi connectivity index (χ1v) is 19.5. The summed E-state index contributed by atoms with van der Waals surface area (Å²) in [5.74, 6) is 0. The Bertz CT molecular complexity index is 3230. The average molecular weight is 698 g/mol. The van der Waals surface area contributed by atoms with Crippen LogP contribution in [-0.4, -0.2) is 8.97 Å². The van der Waals surface area contributed by atoms with E-state index in [9.17, 15) is 0 Å². The van der Waals surface area contributed by atoms with E-state index in [-0.39, 0.29) is 6.04 Å². The van der Waals surface area contributed by atoms with Crippen LogP contribution in [0.15, 0.2) is 149 Å². The Labute approximate surface area is 311 Å². The number of thioether (sulfide) groups is 1. The molecule has 0 saturated heterocycles. The van der Waals surface area contributed by atoms with Gasteiger partial charge in [-0.25, -0.2) is 0 Å². The molecule has 4 heteroatoms. The number of hydrogen-bond acceptors (Lipinski definition) is 2. The largest absolute Gasteiger partial charge is 0.331 e. The zero-order chi connectivity index (χ0) is 34.8. The molecule has 0 spiro atoms. The van der Waals surface area contributed by atoms with Gasteiger partial charge in [0.2, 0.25) is 0 Å². The lowest BCUT2D eigenvalue weighted by Crippen LogP contribution is -2.25. The Hall–Kier alpha value is -5.81. The molecule has 1 aliphatic carbocycles. The zero-order valence-corrected chi connectivity index (χ0v) is 30.2. The molecule has 0 fully saturated rings. The molecule has 4 heterocycles. The first kappa shape index (κ1) is 29.7. The summed E-state index contributed by atoms with van der Waals surface area (Å²) in [5.41, 5.74) is 12.0. The number of nitrogens with zero attached hydrogens (tertiary/aromatic N) is 2. The molecular formula is C49H35N3S. The van der Waals surface area contributed by atoms with Crippen LogP contribution in [-0.2, 0) is 13.1 Å². The van der Waals surface area contributed by atoms with Crippen molar-refractivity contribution in [1.29, 1.82) is 0 Å². The van der Waals surface area contributed by atoms with Crippen LogP contribution < -0.4 is 5.32 Å². The second kappa shape index (κ2) is 11.1. The molecule has 1 atom stereocenters. The number of aromatic nitrogens is 2. The minimum Gasteiger partial charge on any atom is -0.331 e. The smallest absolute Gasteiger partial charge is 0.0736 e. The molecule has 0 bridgehead atoms. The lowest BCUT2D eigenvalue weighted by atomic mass is 9.96. The highest BCUT2D eigenvalue weighted by Crippen LogP contribution is 2.51. The van der Waals surface area contributed by atoms with Gasteiger partial charge in [-0.3, -0.25) is 5.32 Å². The minimum atomic E-state index is 0.105. The third kappa shape index (κ3) is 4.11. The molecule has 0 saturated carbocycles. The van der Waals surface area contributed by atoms with Crippen LogP contribution in [0.4, 0.5) is 0 Å². The fraction of sp³-hybridized carbons (Fsp3) is 0.102. The molecule has 1 aliphatic heterocycles. The first-order chi connectivity index (χ1) is 26.2. The van der Waals surface area contributed by atoms with Crippen molar-refractivity contribution in [2.24, 2.45) is 0 Å². The average Bonchev–Trinajstić information content (AvgIpc) is 3.95. The van der Waals surface area contributed by atoms with E-state index in [4.69, 9.17) is 0 Å². The fourth-order valence-corrected chi connectivity index (χ4v) is 11.0. The summed E-state index contributed by atoms with van der Waals surface area (Å²) in [6, 6.07) is 49.8. The highest BCUT2D eigenvalue weighted by atomic mass is 32.2. The van der Waals surface area contributed by atoms with Crippen molar-refractivity contribution in [3.05, 3.63) is 167 Å². The standard InChI is InChI=1S/C49H35N3S/c1-29(32-22-21-30-11-2-3-12-33(30)27-32)49-46(39-15-6-9-20-43(39)53-49)50-28-51-40-18-7-5-14-38(40)45-42(51)26-24-31-23-25-37-36-17-10-16-35-34-13-4-8-19-41(34)52(47(35)36)48(37)44(31)45/h2-6,8-17,19-27,46,50H,7,18,28H2,1H3/b49-29-. The van der Waals surface area contributed by atoms with E-state index in [1.165, 1.54) is 108 Å². The summed E-state index contributed by atoms with van der Waals surface area (Å²) < 4.78 is 5.15. The van der Waals surface area contributed by atoms with Gasteiger partial charge in [-0.2, -0.15) is 0 Å². The van der Waals surface area contributed by atoms with E-state index < -0.39 is 0 Å². The molecule has 3 aromatic heterocycles. The molecule has 1 unspecified atom stereocenters. The van der Waals surface area contributed by atoms with Crippen molar-refractivity contribution in [1.82, 2.24) is 14.3 Å². The van der Waals surface area contributed by atoms with Crippen LogP contribution >= 0.6 is 11.8 Å². The number of hydrogen-bond donors (Lipinski definition) is 1. The van der Waals surface area contributed by atoms with Crippen LogP contribution in [0.25, 0.3) is 82.2 Å². The summed E-state index contributed by atoms with van der Waals surface area (Å²) in [7, 11) is 0. The third-order valence-corrected chi connectivity index (χ3v) is 13.4. The van der Waals surface area contributed by atoms with Gasteiger partial charge in [-0.05, 0) is 76.9 Å². The molecule has 252 valence electrons. The minimum absolute atomic E-state index is 0.105. The molecule has 1 N–H and O–H groups in total. The second-order valence-corrected chi connectivity index (χ2v) is 15.9. The summed E-state index contributed by atoms with van der Waals surface area (Å²) in [4.78, 5) is 2.73. The highest BCUT2D eigenvalue weighted by molar-refractivity contribution is 8.03.